The zero-order valence-corrected chi connectivity index (χ0v) is 12.0. The van der Waals surface area contributed by atoms with Crippen LogP contribution in [0, 0.1) is 0 Å². The Morgan fingerprint density at radius 3 is 2.43 bits per heavy atom. The molecule has 0 bridgehead atoms. The van der Waals surface area contributed by atoms with Crippen LogP contribution in [0.4, 0.5) is 8.78 Å². The highest BCUT2D eigenvalue weighted by atomic mass is 19.3. The molecular weight excluding hydrogens is 274 g/mol. The highest BCUT2D eigenvalue weighted by molar-refractivity contribution is 5.37. The van der Waals surface area contributed by atoms with Gasteiger partial charge in [-0.3, -0.25) is 4.98 Å². The zero-order valence-electron chi connectivity index (χ0n) is 12.0. The Morgan fingerprint density at radius 2 is 1.81 bits per heavy atom. The molecule has 112 valence electrons. The van der Waals surface area contributed by atoms with Crippen LogP contribution in [0.3, 0.4) is 0 Å². The number of rotatable bonds is 6. The van der Waals surface area contributed by atoms with Crippen molar-refractivity contribution in [2.24, 2.45) is 0 Å². The van der Waals surface area contributed by atoms with E-state index in [9.17, 15) is 8.78 Å². The molecule has 21 heavy (non-hydrogen) atoms. The normalized spacial score (nSPS) is 14.0. The first-order valence-corrected chi connectivity index (χ1v) is 6.75. The summed E-state index contributed by atoms with van der Waals surface area (Å²) in [5, 5.41) is 3.17. The summed E-state index contributed by atoms with van der Waals surface area (Å²) < 4.78 is 29.7. The molecule has 2 aromatic rings. The smallest absolute Gasteiger partial charge is 0.387 e. The van der Waals surface area contributed by atoms with Gasteiger partial charge in [0.1, 0.15) is 5.75 Å². The van der Waals surface area contributed by atoms with E-state index in [-0.39, 0.29) is 17.7 Å². The number of ether oxygens (including phenoxy) is 1. The van der Waals surface area contributed by atoms with E-state index in [0.717, 1.165) is 5.69 Å². The number of para-hydroxylation sites is 1. The van der Waals surface area contributed by atoms with Crippen molar-refractivity contribution in [1.82, 2.24) is 10.3 Å². The number of nitrogens with one attached hydrogen (secondary N) is 1. The summed E-state index contributed by atoms with van der Waals surface area (Å²) in [6.07, 6.45) is 1.72. The van der Waals surface area contributed by atoms with Crippen LogP contribution >= 0.6 is 0 Å². The van der Waals surface area contributed by atoms with E-state index in [1.54, 1.807) is 31.4 Å². The van der Waals surface area contributed by atoms with Crippen molar-refractivity contribution >= 4 is 0 Å². The van der Waals surface area contributed by atoms with Gasteiger partial charge in [-0.25, -0.2) is 0 Å². The van der Waals surface area contributed by atoms with Gasteiger partial charge in [0.2, 0.25) is 0 Å². The number of likely N-dealkylation sites (N-methyl/N-ethyl adjacent to an activating group) is 1. The van der Waals surface area contributed by atoms with Gasteiger partial charge in [-0.15, -0.1) is 0 Å². The topological polar surface area (TPSA) is 34.1 Å². The van der Waals surface area contributed by atoms with Crippen LogP contribution in [0.2, 0.25) is 0 Å². The molecule has 2 unspecified atom stereocenters. The second-order valence-electron chi connectivity index (χ2n) is 4.73. The van der Waals surface area contributed by atoms with Gasteiger partial charge in [-0.2, -0.15) is 8.78 Å². The lowest BCUT2D eigenvalue weighted by molar-refractivity contribution is -0.0507. The molecule has 0 saturated heterocycles. The number of alkyl halides is 2. The Kier molecular flexibility index (Phi) is 5.22. The predicted octanol–water partition coefficient (Wildman–Crippen LogP) is 3.75. The lowest BCUT2D eigenvalue weighted by atomic mass is 9.91. The molecule has 0 amide bonds. The fraction of sp³-hybridized carbons (Fsp3) is 0.312. The number of benzene rings is 1. The molecule has 0 aliphatic carbocycles. The van der Waals surface area contributed by atoms with Crippen LogP contribution in [0.25, 0.3) is 0 Å². The monoisotopic (exact) mass is 292 g/mol. The quantitative estimate of drug-likeness (QED) is 0.880. The second kappa shape index (κ2) is 7.13. The Labute approximate surface area is 123 Å². The number of hydrogen-bond acceptors (Lipinski definition) is 3. The SMILES string of the molecule is CNC(c1ccccc1OC(F)F)C(C)c1ccccn1. The Morgan fingerprint density at radius 1 is 1.10 bits per heavy atom. The van der Waals surface area contributed by atoms with Gasteiger partial charge >= 0.3 is 6.61 Å². The predicted molar refractivity (Wildman–Crippen MR) is 77.5 cm³/mol. The van der Waals surface area contributed by atoms with Gasteiger partial charge in [0.15, 0.2) is 0 Å². The van der Waals surface area contributed by atoms with Crippen LogP contribution in [-0.2, 0) is 0 Å². The Hall–Kier alpha value is -2.01. The van der Waals surface area contributed by atoms with Crippen molar-refractivity contribution in [3.05, 3.63) is 59.9 Å². The van der Waals surface area contributed by atoms with Crippen LogP contribution in [-0.4, -0.2) is 18.6 Å². The largest absolute Gasteiger partial charge is 0.434 e. The summed E-state index contributed by atoms with van der Waals surface area (Å²) in [7, 11) is 1.79. The third-order valence-corrected chi connectivity index (χ3v) is 3.44. The molecule has 0 spiro atoms. The third-order valence-electron chi connectivity index (χ3n) is 3.44. The van der Waals surface area contributed by atoms with E-state index in [0.29, 0.717) is 5.56 Å². The van der Waals surface area contributed by atoms with Crippen molar-refractivity contribution in [2.45, 2.75) is 25.5 Å². The Balaban J connectivity index is 2.33. The summed E-state index contributed by atoms with van der Waals surface area (Å²) in [4.78, 5) is 4.33. The van der Waals surface area contributed by atoms with Crippen LogP contribution < -0.4 is 10.1 Å². The minimum Gasteiger partial charge on any atom is -0.434 e. The zero-order chi connectivity index (χ0) is 15.2. The summed E-state index contributed by atoms with van der Waals surface area (Å²) in [6, 6.07) is 12.3. The van der Waals surface area contributed by atoms with Gasteiger partial charge in [-0.1, -0.05) is 31.2 Å². The molecule has 1 aromatic heterocycles. The maximum Gasteiger partial charge on any atom is 0.387 e. The summed E-state index contributed by atoms with van der Waals surface area (Å²) >= 11 is 0. The van der Waals surface area contributed by atoms with Gasteiger partial charge < -0.3 is 10.1 Å². The van der Waals surface area contributed by atoms with Crippen LogP contribution in [0.5, 0.6) is 5.75 Å². The van der Waals surface area contributed by atoms with E-state index in [1.165, 1.54) is 0 Å². The lowest BCUT2D eigenvalue weighted by Gasteiger charge is -2.25. The standard InChI is InChI=1S/C16H18F2N2O/c1-11(13-8-5-6-10-20-13)15(19-2)12-7-3-4-9-14(12)21-16(17)18/h3-11,15-16,19H,1-2H3. The highest BCUT2D eigenvalue weighted by Gasteiger charge is 2.24. The van der Waals surface area contributed by atoms with Crippen LogP contribution in [0.1, 0.15) is 30.1 Å². The molecule has 3 nitrogen and oxygen atoms in total. The number of aromatic nitrogens is 1. The average Bonchev–Trinajstić information content (AvgIpc) is 2.50. The van der Waals surface area contributed by atoms with E-state index < -0.39 is 6.61 Å². The van der Waals surface area contributed by atoms with Crippen molar-refractivity contribution < 1.29 is 13.5 Å². The number of hydrogen-bond donors (Lipinski definition) is 1. The van der Waals surface area contributed by atoms with Crippen molar-refractivity contribution in [1.29, 1.82) is 0 Å². The van der Waals surface area contributed by atoms with Crippen molar-refractivity contribution in [2.75, 3.05) is 7.05 Å². The lowest BCUT2D eigenvalue weighted by Crippen LogP contribution is -2.24. The molecule has 0 radical (unpaired) electrons. The highest BCUT2D eigenvalue weighted by Crippen LogP contribution is 2.35. The molecule has 0 aliphatic rings. The molecule has 5 heteroatoms. The fourth-order valence-electron chi connectivity index (χ4n) is 2.43. The van der Waals surface area contributed by atoms with E-state index in [4.69, 9.17) is 0 Å². The van der Waals surface area contributed by atoms with Gasteiger partial charge in [0, 0.05) is 29.4 Å². The van der Waals surface area contributed by atoms with E-state index in [1.807, 2.05) is 31.2 Å². The van der Waals surface area contributed by atoms with Gasteiger partial charge in [0.05, 0.1) is 0 Å². The maximum absolute atomic E-state index is 12.5. The first kappa shape index (κ1) is 15.4. The number of pyridine rings is 1. The molecule has 0 aliphatic heterocycles. The first-order chi connectivity index (χ1) is 10.1. The Bertz CT molecular complexity index is 563. The van der Waals surface area contributed by atoms with Gasteiger partial charge in [-0.05, 0) is 25.2 Å². The summed E-state index contributed by atoms with van der Waals surface area (Å²) in [5.41, 5.74) is 1.59. The number of nitrogens with zero attached hydrogens (tertiary/aromatic N) is 1. The molecule has 1 heterocycles. The molecule has 0 saturated carbocycles. The second-order valence-corrected chi connectivity index (χ2v) is 4.73. The molecular formula is C16H18F2N2O. The molecule has 2 rings (SSSR count). The summed E-state index contributed by atoms with van der Waals surface area (Å²) in [6.45, 7) is -0.836. The molecule has 0 fully saturated rings. The minimum absolute atomic E-state index is 0.0126. The summed E-state index contributed by atoms with van der Waals surface area (Å²) in [5.74, 6) is 0.202. The average molecular weight is 292 g/mol. The first-order valence-electron chi connectivity index (χ1n) is 6.75. The van der Waals surface area contributed by atoms with Crippen LogP contribution in [0.15, 0.2) is 48.7 Å². The van der Waals surface area contributed by atoms with Gasteiger partial charge in [0.25, 0.3) is 0 Å². The molecule has 1 N–H and O–H groups in total. The van der Waals surface area contributed by atoms with Crippen molar-refractivity contribution in [3.8, 4) is 5.75 Å². The third kappa shape index (κ3) is 3.76. The molecule has 2 atom stereocenters. The van der Waals surface area contributed by atoms with E-state index >= 15 is 0 Å². The van der Waals surface area contributed by atoms with E-state index in [2.05, 4.69) is 15.0 Å². The van der Waals surface area contributed by atoms with Crippen molar-refractivity contribution in [3.63, 3.8) is 0 Å². The molecule has 1 aromatic carbocycles. The number of halogens is 2. The maximum atomic E-state index is 12.5. The fourth-order valence-corrected chi connectivity index (χ4v) is 2.43. The minimum atomic E-state index is -2.84.